The van der Waals surface area contributed by atoms with Gasteiger partial charge in [0.15, 0.2) is 0 Å². The van der Waals surface area contributed by atoms with Gasteiger partial charge in [-0.2, -0.15) is 0 Å². The van der Waals surface area contributed by atoms with Crippen molar-refractivity contribution in [2.24, 2.45) is 0 Å². The van der Waals surface area contributed by atoms with Crippen LogP contribution in [-0.2, 0) is 6.42 Å². The first kappa shape index (κ1) is 21.8. The van der Waals surface area contributed by atoms with Crippen molar-refractivity contribution >= 4 is 37.9 Å². The lowest BCUT2D eigenvalue weighted by Crippen LogP contribution is -1.86. The van der Waals surface area contributed by atoms with Crippen LogP contribution in [-0.4, -0.2) is 9.97 Å². The molecule has 3 heterocycles. The standard InChI is InChI=1S/C31H23BrN2O/c1-2-3-20-4-11-30-26(16-20)27-17-25(18-28(32)31(27)35-30)22-7-5-21(6-8-22)24-9-10-29(34-19-24)23-12-14-33-15-13-23/h4-19H,2-3H2,1H3. The minimum atomic E-state index is 0.898. The summed E-state index contributed by atoms with van der Waals surface area (Å²) in [7, 11) is 0. The van der Waals surface area contributed by atoms with Gasteiger partial charge < -0.3 is 4.42 Å². The molecule has 3 aromatic carbocycles. The second-order valence-corrected chi connectivity index (χ2v) is 9.62. The minimum absolute atomic E-state index is 0.898. The van der Waals surface area contributed by atoms with Crippen LogP contribution in [0.3, 0.4) is 0 Å². The number of halogens is 1. The predicted octanol–water partition coefficient (Wildman–Crippen LogP) is 9.09. The Morgan fingerprint density at radius 3 is 2.17 bits per heavy atom. The number of rotatable bonds is 5. The summed E-state index contributed by atoms with van der Waals surface area (Å²) in [5.74, 6) is 0. The molecule has 0 saturated carbocycles. The average Bonchev–Trinajstić information content (AvgIpc) is 3.28. The number of hydrogen-bond donors (Lipinski definition) is 0. The van der Waals surface area contributed by atoms with Gasteiger partial charge in [-0.1, -0.05) is 49.7 Å². The van der Waals surface area contributed by atoms with E-state index in [1.807, 2.05) is 18.3 Å². The van der Waals surface area contributed by atoms with Crippen LogP contribution >= 0.6 is 15.9 Å². The van der Waals surface area contributed by atoms with Crippen LogP contribution in [0, 0.1) is 0 Å². The molecule has 0 aliphatic carbocycles. The summed E-state index contributed by atoms with van der Waals surface area (Å²) in [5, 5.41) is 2.31. The number of nitrogens with zero attached hydrogens (tertiary/aromatic N) is 2. The van der Waals surface area contributed by atoms with E-state index in [0.717, 1.165) is 67.4 Å². The summed E-state index contributed by atoms with van der Waals surface area (Å²) in [6.45, 7) is 2.21. The number of hydrogen-bond acceptors (Lipinski definition) is 3. The molecule has 0 saturated heterocycles. The molecule has 0 amide bonds. The molecule has 35 heavy (non-hydrogen) atoms. The van der Waals surface area contributed by atoms with Crippen LogP contribution in [0.25, 0.3) is 55.4 Å². The van der Waals surface area contributed by atoms with E-state index in [-0.39, 0.29) is 0 Å². The normalized spacial score (nSPS) is 11.4. The van der Waals surface area contributed by atoms with Crippen LogP contribution in [0.4, 0.5) is 0 Å². The summed E-state index contributed by atoms with van der Waals surface area (Å²) in [6.07, 6.45) is 7.71. The lowest BCUT2D eigenvalue weighted by molar-refractivity contribution is 0.666. The zero-order chi connectivity index (χ0) is 23.8. The number of furan rings is 1. The maximum atomic E-state index is 6.17. The maximum Gasteiger partial charge on any atom is 0.149 e. The van der Waals surface area contributed by atoms with Crippen molar-refractivity contribution < 1.29 is 4.42 Å². The summed E-state index contributed by atoms with van der Waals surface area (Å²) >= 11 is 3.74. The number of pyridine rings is 2. The zero-order valence-corrected chi connectivity index (χ0v) is 20.9. The number of benzene rings is 3. The van der Waals surface area contributed by atoms with Gasteiger partial charge in [0.2, 0.25) is 0 Å². The van der Waals surface area contributed by atoms with Crippen LogP contribution in [0.2, 0.25) is 0 Å². The maximum absolute atomic E-state index is 6.17. The number of fused-ring (bicyclic) bond motifs is 3. The van der Waals surface area contributed by atoms with Crippen LogP contribution in [0.5, 0.6) is 0 Å². The first-order valence-corrected chi connectivity index (χ1v) is 12.6. The van der Waals surface area contributed by atoms with Gasteiger partial charge in [-0.05, 0) is 87.1 Å². The van der Waals surface area contributed by atoms with Crippen molar-refractivity contribution in [3.63, 3.8) is 0 Å². The Hall–Kier alpha value is -3.76. The number of aryl methyl sites for hydroxylation is 1. The second kappa shape index (κ2) is 9.12. The highest BCUT2D eigenvalue weighted by Crippen LogP contribution is 2.38. The van der Waals surface area contributed by atoms with Crippen molar-refractivity contribution in [1.29, 1.82) is 0 Å². The van der Waals surface area contributed by atoms with Gasteiger partial charge in [-0.15, -0.1) is 0 Å². The molecule has 0 aliphatic rings. The third-order valence-electron chi connectivity index (χ3n) is 6.42. The van der Waals surface area contributed by atoms with Crippen molar-refractivity contribution in [3.8, 4) is 33.5 Å². The fraction of sp³-hybridized carbons (Fsp3) is 0.0968. The Labute approximate surface area is 212 Å². The molecule has 0 unspecified atom stereocenters. The largest absolute Gasteiger partial charge is 0.455 e. The summed E-state index contributed by atoms with van der Waals surface area (Å²) in [5.41, 5.74) is 9.73. The Balaban J connectivity index is 1.34. The Kier molecular flexibility index (Phi) is 5.67. The third kappa shape index (κ3) is 4.15. The molecule has 0 aliphatic heterocycles. The molecule has 6 rings (SSSR count). The molecule has 170 valence electrons. The second-order valence-electron chi connectivity index (χ2n) is 8.76. The smallest absolute Gasteiger partial charge is 0.149 e. The summed E-state index contributed by atoms with van der Waals surface area (Å²) < 4.78 is 7.14. The van der Waals surface area contributed by atoms with Gasteiger partial charge in [0, 0.05) is 40.5 Å². The van der Waals surface area contributed by atoms with E-state index < -0.39 is 0 Å². The summed E-state index contributed by atoms with van der Waals surface area (Å²) in [6, 6.07) is 27.7. The third-order valence-corrected chi connectivity index (χ3v) is 7.01. The molecule has 0 fully saturated rings. The van der Waals surface area contributed by atoms with E-state index in [4.69, 9.17) is 4.42 Å². The van der Waals surface area contributed by atoms with Gasteiger partial charge in [0.25, 0.3) is 0 Å². The van der Waals surface area contributed by atoms with E-state index in [1.54, 1.807) is 12.4 Å². The summed E-state index contributed by atoms with van der Waals surface area (Å²) in [4.78, 5) is 8.73. The Bertz CT molecular complexity index is 1640. The molecule has 0 bridgehead atoms. The van der Waals surface area contributed by atoms with E-state index in [1.165, 1.54) is 10.9 Å². The van der Waals surface area contributed by atoms with E-state index in [9.17, 15) is 0 Å². The molecule has 0 atom stereocenters. The van der Waals surface area contributed by atoms with Crippen molar-refractivity contribution in [3.05, 3.63) is 107 Å². The van der Waals surface area contributed by atoms with Crippen molar-refractivity contribution in [1.82, 2.24) is 9.97 Å². The first-order chi connectivity index (χ1) is 17.2. The van der Waals surface area contributed by atoms with Crippen LogP contribution in [0.15, 0.2) is 106 Å². The highest BCUT2D eigenvalue weighted by Gasteiger charge is 2.13. The lowest BCUT2D eigenvalue weighted by atomic mass is 9.99. The molecule has 4 heteroatoms. The quantitative estimate of drug-likeness (QED) is 0.228. The minimum Gasteiger partial charge on any atom is -0.455 e. The molecule has 0 spiro atoms. The molecule has 0 radical (unpaired) electrons. The Morgan fingerprint density at radius 1 is 0.714 bits per heavy atom. The van der Waals surface area contributed by atoms with Gasteiger partial charge in [0.05, 0.1) is 10.2 Å². The van der Waals surface area contributed by atoms with Gasteiger partial charge >= 0.3 is 0 Å². The highest BCUT2D eigenvalue weighted by molar-refractivity contribution is 9.10. The Morgan fingerprint density at radius 2 is 1.46 bits per heavy atom. The molecule has 6 aromatic rings. The van der Waals surface area contributed by atoms with Crippen molar-refractivity contribution in [2.75, 3.05) is 0 Å². The molecular formula is C31H23BrN2O. The highest BCUT2D eigenvalue weighted by atomic mass is 79.9. The topological polar surface area (TPSA) is 38.9 Å². The monoisotopic (exact) mass is 518 g/mol. The van der Waals surface area contributed by atoms with Gasteiger partial charge in [-0.3, -0.25) is 9.97 Å². The molecular weight excluding hydrogens is 496 g/mol. The molecule has 3 nitrogen and oxygen atoms in total. The van der Waals surface area contributed by atoms with E-state index >= 15 is 0 Å². The van der Waals surface area contributed by atoms with Crippen LogP contribution in [0.1, 0.15) is 18.9 Å². The van der Waals surface area contributed by atoms with Gasteiger partial charge in [-0.25, -0.2) is 0 Å². The zero-order valence-electron chi connectivity index (χ0n) is 19.3. The molecule has 0 N–H and O–H groups in total. The average molecular weight is 519 g/mol. The fourth-order valence-electron chi connectivity index (χ4n) is 4.61. The van der Waals surface area contributed by atoms with E-state index in [0.29, 0.717) is 0 Å². The van der Waals surface area contributed by atoms with Crippen LogP contribution < -0.4 is 0 Å². The van der Waals surface area contributed by atoms with Gasteiger partial charge in [0.1, 0.15) is 11.2 Å². The fourth-order valence-corrected chi connectivity index (χ4v) is 5.15. The SMILES string of the molecule is CCCc1ccc2oc3c(Br)cc(-c4ccc(-c5ccc(-c6ccncc6)nc5)cc4)cc3c2c1. The predicted molar refractivity (Wildman–Crippen MR) is 147 cm³/mol. The lowest BCUT2D eigenvalue weighted by Gasteiger charge is -2.07. The number of aromatic nitrogens is 2. The van der Waals surface area contributed by atoms with E-state index in [2.05, 4.69) is 99.6 Å². The first-order valence-electron chi connectivity index (χ1n) is 11.8. The van der Waals surface area contributed by atoms with Crippen molar-refractivity contribution in [2.45, 2.75) is 19.8 Å². The molecule has 3 aromatic heterocycles.